The summed E-state index contributed by atoms with van der Waals surface area (Å²) in [7, 11) is 0. The highest BCUT2D eigenvalue weighted by atomic mass is 16.5. The Hall–Kier alpha value is -2.05. The zero-order valence-corrected chi connectivity index (χ0v) is 16.2. The average molecular weight is 355 g/mol. The smallest absolute Gasteiger partial charge is 0.180 e. The summed E-state index contributed by atoms with van der Waals surface area (Å²) in [4.78, 5) is 16.3. The Balaban J connectivity index is 1.78. The third-order valence-corrected chi connectivity index (χ3v) is 5.05. The quantitative estimate of drug-likeness (QED) is 0.860. The Labute approximate surface area is 156 Å². The van der Waals surface area contributed by atoms with Crippen molar-refractivity contribution in [3.05, 3.63) is 35.7 Å². The minimum absolute atomic E-state index is 0.451. The number of hydrogen-bond donors (Lipinski definition) is 1. The minimum Gasteiger partial charge on any atom is -0.379 e. The molecule has 0 radical (unpaired) electrons. The number of aromatic nitrogens is 3. The van der Waals surface area contributed by atoms with Gasteiger partial charge in [0.15, 0.2) is 5.82 Å². The van der Waals surface area contributed by atoms with E-state index in [1.54, 1.807) is 6.20 Å². The fourth-order valence-electron chi connectivity index (χ4n) is 3.31. The van der Waals surface area contributed by atoms with Crippen molar-refractivity contribution in [2.75, 3.05) is 38.2 Å². The lowest BCUT2D eigenvalue weighted by atomic mass is 10.0. The van der Waals surface area contributed by atoms with Crippen molar-refractivity contribution >= 4 is 5.82 Å². The van der Waals surface area contributed by atoms with Gasteiger partial charge in [0.2, 0.25) is 0 Å². The Kier molecular flexibility index (Phi) is 6.16. The van der Waals surface area contributed by atoms with Gasteiger partial charge in [-0.25, -0.2) is 9.97 Å². The number of morpholine rings is 1. The highest BCUT2D eigenvalue weighted by Crippen LogP contribution is 2.21. The molecule has 2 aromatic heterocycles. The molecule has 3 heterocycles. The van der Waals surface area contributed by atoms with Gasteiger partial charge in [0, 0.05) is 43.1 Å². The molecule has 6 nitrogen and oxygen atoms in total. The van der Waals surface area contributed by atoms with Crippen molar-refractivity contribution in [1.82, 2.24) is 19.9 Å². The van der Waals surface area contributed by atoms with Crippen molar-refractivity contribution in [2.24, 2.45) is 5.92 Å². The van der Waals surface area contributed by atoms with E-state index >= 15 is 0 Å². The van der Waals surface area contributed by atoms with Gasteiger partial charge in [-0.1, -0.05) is 19.9 Å². The second-order valence-corrected chi connectivity index (χ2v) is 7.16. The molecule has 0 aromatic carbocycles. The number of ether oxygens (including phenoxy) is 1. The van der Waals surface area contributed by atoms with Crippen molar-refractivity contribution in [2.45, 2.75) is 33.7 Å². The molecule has 1 unspecified atom stereocenters. The fourth-order valence-corrected chi connectivity index (χ4v) is 3.31. The SMILES string of the molecule is Cc1nc(-c2ccccn2)nc(NCC(C(C)C)N2CCOCC2)c1C. The van der Waals surface area contributed by atoms with Crippen LogP contribution in [0.2, 0.25) is 0 Å². The molecule has 0 saturated carbocycles. The predicted octanol–water partition coefficient (Wildman–Crippen LogP) is 2.92. The summed E-state index contributed by atoms with van der Waals surface area (Å²) < 4.78 is 5.50. The number of aryl methyl sites for hydroxylation is 1. The maximum Gasteiger partial charge on any atom is 0.180 e. The number of anilines is 1. The largest absolute Gasteiger partial charge is 0.379 e. The van der Waals surface area contributed by atoms with Gasteiger partial charge in [0.05, 0.1) is 13.2 Å². The molecule has 6 heteroatoms. The summed E-state index contributed by atoms with van der Waals surface area (Å²) >= 11 is 0. The van der Waals surface area contributed by atoms with E-state index in [0.29, 0.717) is 17.8 Å². The van der Waals surface area contributed by atoms with Gasteiger partial charge in [-0.3, -0.25) is 9.88 Å². The van der Waals surface area contributed by atoms with Gasteiger partial charge < -0.3 is 10.1 Å². The summed E-state index contributed by atoms with van der Waals surface area (Å²) in [5.41, 5.74) is 2.87. The third kappa shape index (κ3) is 4.37. The number of hydrogen-bond acceptors (Lipinski definition) is 6. The molecule has 0 bridgehead atoms. The second kappa shape index (κ2) is 8.56. The van der Waals surface area contributed by atoms with E-state index in [1.807, 2.05) is 25.1 Å². The molecule has 1 N–H and O–H groups in total. The van der Waals surface area contributed by atoms with Gasteiger partial charge in [0.1, 0.15) is 11.5 Å². The molecule has 1 aliphatic rings. The monoisotopic (exact) mass is 355 g/mol. The van der Waals surface area contributed by atoms with E-state index in [0.717, 1.165) is 55.6 Å². The van der Waals surface area contributed by atoms with Gasteiger partial charge >= 0.3 is 0 Å². The first kappa shape index (κ1) is 18.7. The highest BCUT2D eigenvalue weighted by molar-refractivity contribution is 5.56. The third-order valence-electron chi connectivity index (χ3n) is 5.05. The molecule has 1 fully saturated rings. The maximum atomic E-state index is 5.50. The summed E-state index contributed by atoms with van der Waals surface area (Å²) in [5, 5.41) is 3.58. The van der Waals surface area contributed by atoms with E-state index in [4.69, 9.17) is 9.72 Å². The second-order valence-electron chi connectivity index (χ2n) is 7.16. The first-order chi connectivity index (χ1) is 12.6. The number of pyridine rings is 1. The Morgan fingerprint density at radius 1 is 1.15 bits per heavy atom. The summed E-state index contributed by atoms with van der Waals surface area (Å²) in [6.45, 7) is 13.1. The molecule has 2 aromatic rings. The molecule has 140 valence electrons. The Bertz CT molecular complexity index is 714. The number of nitrogens with zero attached hydrogens (tertiary/aromatic N) is 4. The van der Waals surface area contributed by atoms with Crippen LogP contribution in [0.3, 0.4) is 0 Å². The first-order valence-corrected chi connectivity index (χ1v) is 9.38. The fraction of sp³-hybridized carbons (Fsp3) is 0.550. The lowest BCUT2D eigenvalue weighted by Crippen LogP contribution is -2.49. The number of rotatable bonds is 6. The molecule has 0 aliphatic carbocycles. The average Bonchev–Trinajstić information content (AvgIpc) is 2.66. The molecule has 0 amide bonds. The molecule has 26 heavy (non-hydrogen) atoms. The Morgan fingerprint density at radius 3 is 2.58 bits per heavy atom. The van der Waals surface area contributed by atoms with Crippen LogP contribution in [0.15, 0.2) is 24.4 Å². The van der Waals surface area contributed by atoms with Crippen LogP contribution in [0, 0.1) is 19.8 Å². The van der Waals surface area contributed by atoms with Crippen LogP contribution >= 0.6 is 0 Å². The molecule has 3 rings (SSSR count). The lowest BCUT2D eigenvalue weighted by molar-refractivity contribution is 0.00953. The Morgan fingerprint density at radius 2 is 1.92 bits per heavy atom. The zero-order chi connectivity index (χ0) is 18.5. The predicted molar refractivity (Wildman–Crippen MR) is 104 cm³/mol. The van der Waals surface area contributed by atoms with Gasteiger partial charge in [-0.05, 0) is 31.9 Å². The summed E-state index contributed by atoms with van der Waals surface area (Å²) in [6, 6.07) is 6.26. The van der Waals surface area contributed by atoms with E-state index < -0.39 is 0 Å². The molecular weight excluding hydrogens is 326 g/mol. The first-order valence-electron chi connectivity index (χ1n) is 9.38. The molecular formula is C20H29N5O. The van der Waals surface area contributed by atoms with Crippen LogP contribution in [0.5, 0.6) is 0 Å². The molecule has 0 spiro atoms. The van der Waals surface area contributed by atoms with E-state index in [9.17, 15) is 0 Å². The van der Waals surface area contributed by atoms with Gasteiger partial charge in [-0.2, -0.15) is 0 Å². The van der Waals surface area contributed by atoms with E-state index in [2.05, 4.69) is 41.0 Å². The standard InChI is InChI=1S/C20H29N5O/c1-14(2)18(25-9-11-26-12-10-25)13-22-19-15(3)16(4)23-20(24-19)17-7-5-6-8-21-17/h5-8,14,18H,9-13H2,1-4H3,(H,22,23,24). The molecule has 1 aliphatic heterocycles. The van der Waals surface area contributed by atoms with E-state index in [-0.39, 0.29) is 0 Å². The molecule has 1 saturated heterocycles. The normalized spacial score (nSPS) is 16.7. The van der Waals surface area contributed by atoms with Crippen LogP contribution in [-0.2, 0) is 4.74 Å². The number of nitrogens with one attached hydrogen (secondary N) is 1. The van der Waals surface area contributed by atoms with Crippen molar-refractivity contribution in [3.8, 4) is 11.5 Å². The van der Waals surface area contributed by atoms with Crippen LogP contribution in [0.4, 0.5) is 5.82 Å². The van der Waals surface area contributed by atoms with Crippen LogP contribution in [0.25, 0.3) is 11.5 Å². The summed E-state index contributed by atoms with van der Waals surface area (Å²) in [6.07, 6.45) is 1.77. The molecule has 1 atom stereocenters. The van der Waals surface area contributed by atoms with Crippen molar-refractivity contribution < 1.29 is 4.74 Å². The minimum atomic E-state index is 0.451. The summed E-state index contributed by atoms with van der Waals surface area (Å²) in [5.74, 6) is 2.12. The highest BCUT2D eigenvalue weighted by Gasteiger charge is 2.24. The van der Waals surface area contributed by atoms with Crippen LogP contribution in [-0.4, -0.2) is 58.7 Å². The van der Waals surface area contributed by atoms with Crippen LogP contribution in [0.1, 0.15) is 25.1 Å². The maximum absolute atomic E-state index is 5.50. The van der Waals surface area contributed by atoms with Crippen molar-refractivity contribution in [3.63, 3.8) is 0 Å². The van der Waals surface area contributed by atoms with E-state index in [1.165, 1.54) is 0 Å². The lowest BCUT2D eigenvalue weighted by Gasteiger charge is -2.37. The van der Waals surface area contributed by atoms with Crippen molar-refractivity contribution in [1.29, 1.82) is 0 Å². The zero-order valence-electron chi connectivity index (χ0n) is 16.2. The van der Waals surface area contributed by atoms with Crippen LogP contribution < -0.4 is 5.32 Å². The van der Waals surface area contributed by atoms with Gasteiger partial charge in [0.25, 0.3) is 0 Å². The van der Waals surface area contributed by atoms with Gasteiger partial charge in [-0.15, -0.1) is 0 Å². The topological polar surface area (TPSA) is 63.2 Å².